The maximum absolute atomic E-state index is 13.7. The topological polar surface area (TPSA) is 47.3 Å². The molecule has 0 aliphatic carbocycles. The van der Waals surface area contributed by atoms with Gasteiger partial charge in [-0.25, -0.2) is 5.01 Å². The Bertz CT molecular complexity index is 973. The molecule has 0 aliphatic rings. The van der Waals surface area contributed by atoms with E-state index in [2.05, 4.69) is 22.0 Å². The zero-order valence-electron chi connectivity index (χ0n) is 17.8. The Morgan fingerprint density at radius 3 is 1.77 bits per heavy atom. The maximum atomic E-state index is 13.7. The molecular formula is C26H26BrN3O. The number of nitrogens with zero attached hydrogens (tertiary/aromatic N) is 3. The zero-order valence-corrected chi connectivity index (χ0v) is 19.4. The molecule has 3 rings (SSSR count). The van der Waals surface area contributed by atoms with Gasteiger partial charge in [0, 0.05) is 23.1 Å². The first-order valence-electron chi connectivity index (χ1n) is 10.3. The molecule has 0 radical (unpaired) electrons. The number of hydrogen-bond donors (Lipinski definition) is 0. The summed E-state index contributed by atoms with van der Waals surface area (Å²) in [7, 11) is 0. The van der Waals surface area contributed by atoms with E-state index in [4.69, 9.17) is 0 Å². The number of rotatable bonds is 8. The van der Waals surface area contributed by atoms with E-state index in [0.29, 0.717) is 18.7 Å². The van der Waals surface area contributed by atoms with Crippen LogP contribution in [0, 0.1) is 17.2 Å². The highest BCUT2D eigenvalue weighted by Gasteiger charge is 2.32. The van der Waals surface area contributed by atoms with Crippen LogP contribution in [-0.4, -0.2) is 22.0 Å². The summed E-state index contributed by atoms with van der Waals surface area (Å²) in [5.74, 6) is -0.210. The second-order valence-electron chi connectivity index (χ2n) is 7.77. The van der Waals surface area contributed by atoms with Gasteiger partial charge in [-0.2, -0.15) is 5.26 Å². The summed E-state index contributed by atoms with van der Waals surface area (Å²) in [5, 5.41) is 13.6. The van der Waals surface area contributed by atoms with E-state index < -0.39 is 6.04 Å². The first kappa shape index (κ1) is 22.7. The van der Waals surface area contributed by atoms with Gasteiger partial charge in [-0.1, -0.05) is 90.4 Å². The molecule has 0 aliphatic heterocycles. The van der Waals surface area contributed by atoms with Gasteiger partial charge < -0.3 is 0 Å². The molecule has 0 heterocycles. The van der Waals surface area contributed by atoms with Crippen LogP contribution in [0.1, 0.15) is 35.3 Å². The van der Waals surface area contributed by atoms with E-state index in [0.717, 1.165) is 15.6 Å². The molecule has 0 saturated carbocycles. The number of nitriles is 1. The number of hydrazine groups is 1. The van der Waals surface area contributed by atoms with Gasteiger partial charge in [0.15, 0.2) is 0 Å². The monoisotopic (exact) mass is 475 g/mol. The van der Waals surface area contributed by atoms with Crippen molar-refractivity contribution in [3.05, 3.63) is 106 Å². The van der Waals surface area contributed by atoms with Crippen molar-refractivity contribution < 1.29 is 4.79 Å². The van der Waals surface area contributed by atoms with Crippen LogP contribution in [0.3, 0.4) is 0 Å². The van der Waals surface area contributed by atoms with E-state index in [1.54, 1.807) is 17.1 Å². The van der Waals surface area contributed by atoms with Crippen molar-refractivity contribution in [2.45, 2.75) is 33.0 Å². The lowest BCUT2D eigenvalue weighted by atomic mass is 10.0. The Kier molecular flexibility index (Phi) is 8.00. The fourth-order valence-corrected chi connectivity index (χ4v) is 3.70. The van der Waals surface area contributed by atoms with Crippen LogP contribution in [0.25, 0.3) is 0 Å². The van der Waals surface area contributed by atoms with Crippen molar-refractivity contribution in [3.8, 4) is 6.07 Å². The first-order chi connectivity index (χ1) is 15.0. The molecule has 5 heteroatoms. The van der Waals surface area contributed by atoms with Crippen LogP contribution < -0.4 is 0 Å². The Morgan fingerprint density at radius 1 is 0.871 bits per heavy atom. The third kappa shape index (κ3) is 6.04. The largest absolute Gasteiger partial charge is 0.269 e. The molecule has 0 N–H and O–H groups in total. The van der Waals surface area contributed by atoms with Crippen LogP contribution in [0.15, 0.2) is 89.4 Å². The number of amides is 1. The second kappa shape index (κ2) is 10.9. The third-order valence-electron chi connectivity index (χ3n) is 5.05. The van der Waals surface area contributed by atoms with E-state index in [9.17, 15) is 10.1 Å². The van der Waals surface area contributed by atoms with Gasteiger partial charge in [0.25, 0.3) is 5.91 Å². The van der Waals surface area contributed by atoms with Crippen LogP contribution in [0.5, 0.6) is 0 Å². The summed E-state index contributed by atoms with van der Waals surface area (Å²) in [5.41, 5.74) is 2.70. The van der Waals surface area contributed by atoms with Crippen molar-refractivity contribution in [1.29, 1.82) is 5.26 Å². The number of hydrogen-bond acceptors (Lipinski definition) is 3. The van der Waals surface area contributed by atoms with Crippen LogP contribution in [-0.2, 0) is 13.1 Å². The van der Waals surface area contributed by atoms with Gasteiger partial charge in [-0.15, -0.1) is 0 Å². The molecule has 4 nitrogen and oxygen atoms in total. The lowest BCUT2D eigenvalue weighted by Crippen LogP contribution is -2.52. The number of benzene rings is 3. The highest BCUT2D eigenvalue weighted by Crippen LogP contribution is 2.23. The Morgan fingerprint density at radius 2 is 1.35 bits per heavy atom. The minimum absolute atomic E-state index is 0.0292. The third-order valence-corrected chi connectivity index (χ3v) is 5.58. The van der Waals surface area contributed by atoms with E-state index >= 15 is 0 Å². The molecule has 0 spiro atoms. The van der Waals surface area contributed by atoms with Crippen LogP contribution in [0.4, 0.5) is 0 Å². The van der Waals surface area contributed by atoms with Gasteiger partial charge in [-0.3, -0.25) is 9.80 Å². The Balaban J connectivity index is 2.05. The lowest BCUT2D eigenvalue weighted by Gasteiger charge is -2.39. The van der Waals surface area contributed by atoms with Crippen molar-refractivity contribution in [1.82, 2.24) is 10.0 Å². The average molecular weight is 476 g/mol. The first-order valence-corrected chi connectivity index (χ1v) is 11.1. The molecule has 1 amide bonds. The summed E-state index contributed by atoms with van der Waals surface area (Å²) in [4.78, 5) is 13.7. The van der Waals surface area contributed by atoms with E-state index in [1.807, 2.05) is 91.7 Å². The standard InChI is InChI=1S/C26H26BrN3O/c1-20(2)25(17-28)30(26(31)23-13-15-24(27)16-14-23)29(18-21-9-5-3-6-10-21)19-22-11-7-4-8-12-22/h3-16,20,25H,18-19H2,1-2H3/t25-/m1/s1. The molecule has 0 unspecified atom stereocenters. The predicted molar refractivity (Wildman–Crippen MR) is 127 cm³/mol. The molecule has 31 heavy (non-hydrogen) atoms. The fourth-order valence-electron chi connectivity index (χ4n) is 3.44. The molecular weight excluding hydrogens is 450 g/mol. The maximum Gasteiger partial charge on any atom is 0.269 e. The Labute approximate surface area is 192 Å². The summed E-state index contributed by atoms with van der Waals surface area (Å²) in [6.07, 6.45) is 0. The molecule has 0 fully saturated rings. The average Bonchev–Trinajstić information content (AvgIpc) is 2.78. The van der Waals surface area contributed by atoms with Crippen LogP contribution in [0.2, 0.25) is 0 Å². The van der Waals surface area contributed by atoms with Crippen molar-refractivity contribution >= 4 is 21.8 Å². The van der Waals surface area contributed by atoms with Gasteiger partial charge in [-0.05, 0) is 41.3 Å². The molecule has 1 atom stereocenters. The van der Waals surface area contributed by atoms with Crippen molar-refractivity contribution in [2.24, 2.45) is 5.92 Å². The van der Waals surface area contributed by atoms with Gasteiger partial charge >= 0.3 is 0 Å². The zero-order chi connectivity index (χ0) is 22.2. The summed E-state index contributed by atoms with van der Waals surface area (Å²) in [6, 6.07) is 29.1. The molecule has 0 bridgehead atoms. The summed E-state index contributed by atoms with van der Waals surface area (Å²) in [6.45, 7) is 4.98. The number of halogens is 1. The highest BCUT2D eigenvalue weighted by atomic mass is 79.9. The van der Waals surface area contributed by atoms with Gasteiger partial charge in [0.1, 0.15) is 6.04 Å². The quantitative estimate of drug-likeness (QED) is 0.372. The normalized spacial score (nSPS) is 11.9. The fraction of sp³-hybridized carbons (Fsp3) is 0.231. The molecule has 3 aromatic carbocycles. The Hall–Kier alpha value is -2.94. The van der Waals surface area contributed by atoms with Crippen molar-refractivity contribution in [2.75, 3.05) is 0 Å². The molecule has 3 aromatic rings. The summed E-state index contributed by atoms with van der Waals surface area (Å²) >= 11 is 3.43. The SMILES string of the molecule is CC(C)[C@@H](C#N)N(C(=O)c1ccc(Br)cc1)N(Cc1ccccc1)Cc1ccccc1. The van der Waals surface area contributed by atoms with E-state index in [-0.39, 0.29) is 11.8 Å². The van der Waals surface area contributed by atoms with Crippen molar-refractivity contribution in [3.63, 3.8) is 0 Å². The van der Waals surface area contributed by atoms with Gasteiger partial charge in [0.05, 0.1) is 6.07 Å². The second-order valence-corrected chi connectivity index (χ2v) is 8.68. The van der Waals surface area contributed by atoms with Gasteiger partial charge in [0.2, 0.25) is 0 Å². The molecule has 0 aromatic heterocycles. The number of carbonyl (C=O) groups is 1. The lowest BCUT2D eigenvalue weighted by molar-refractivity contribution is -0.0457. The minimum Gasteiger partial charge on any atom is -0.268 e. The summed E-state index contributed by atoms with van der Waals surface area (Å²) < 4.78 is 0.904. The minimum atomic E-state index is -0.594. The molecule has 0 saturated heterocycles. The van der Waals surface area contributed by atoms with Crippen LogP contribution >= 0.6 is 15.9 Å². The molecule has 158 valence electrons. The number of carbonyl (C=O) groups excluding carboxylic acids is 1. The smallest absolute Gasteiger partial charge is 0.268 e. The van der Waals surface area contributed by atoms with E-state index in [1.165, 1.54) is 0 Å². The highest BCUT2D eigenvalue weighted by molar-refractivity contribution is 9.10. The predicted octanol–water partition coefficient (Wildman–Crippen LogP) is 6.06.